The topological polar surface area (TPSA) is 51.2 Å². The summed E-state index contributed by atoms with van der Waals surface area (Å²) in [5.41, 5.74) is 1.08. The summed E-state index contributed by atoms with van der Waals surface area (Å²) in [5.74, 6) is 2.13. The van der Waals surface area contributed by atoms with Crippen LogP contribution in [0.5, 0.6) is 17.2 Å². The van der Waals surface area contributed by atoms with Crippen LogP contribution in [0.2, 0.25) is 5.02 Å². The number of amides is 1. The Morgan fingerprint density at radius 3 is 2.36 bits per heavy atom. The van der Waals surface area contributed by atoms with Gasteiger partial charge in [0.1, 0.15) is 5.75 Å². The van der Waals surface area contributed by atoms with Gasteiger partial charge in [-0.3, -0.25) is 9.69 Å². The lowest BCUT2D eigenvalue weighted by Gasteiger charge is -2.35. The molecule has 0 unspecified atom stereocenters. The SMILES string of the molecule is COc1cccc(CN2CCN(C(=O)COc3ccc(Cl)cc3)CC2)c1OC. The van der Waals surface area contributed by atoms with Crippen molar-refractivity contribution in [3.05, 3.63) is 53.1 Å². The standard InChI is InChI=1S/C21H25ClN2O4/c1-26-19-5-3-4-16(21(19)27-2)14-23-10-12-24(13-11-23)20(25)15-28-18-8-6-17(22)7-9-18/h3-9H,10-15H2,1-2H3. The van der Waals surface area contributed by atoms with Gasteiger partial charge in [-0.2, -0.15) is 0 Å². The Labute approximate surface area is 170 Å². The number of rotatable bonds is 7. The number of carbonyl (C=O) groups excluding carboxylic acids is 1. The second-order valence-electron chi connectivity index (χ2n) is 6.55. The molecule has 2 aromatic carbocycles. The van der Waals surface area contributed by atoms with E-state index in [1.54, 1.807) is 38.5 Å². The number of hydrogen-bond acceptors (Lipinski definition) is 5. The van der Waals surface area contributed by atoms with E-state index in [0.29, 0.717) is 23.9 Å². The number of ether oxygens (including phenoxy) is 3. The Morgan fingerprint density at radius 1 is 1.00 bits per heavy atom. The van der Waals surface area contributed by atoms with E-state index in [-0.39, 0.29) is 12.5 Å². The third-order valence-electron chi connectivity index (χ3n) is 4.78. The first-order chi connectivity index (χ1) is 13.6. The summed E-state index contributed by atoms with van der Waals surface area (Å²) in [7, 11) is 3.29. The lowest BCUT2D eigenvalue weighted by Crippen LogP contribution is -2.49. The van der Waals surface area contributed by atoms with Crippen LogP contribution in [0, 0.1) is 0 Å². The molecule has 3 rings (SSSR count). The van der Waals surface area contributed by atoms with Crippen molar-refractivity contribution < 1.29 is 19.0 Å². The highest BCUT2D eigenvalue weighted by molar-refractivity contribution is 6.30. The maximum absolute atomic E-state index is 12.4. The van der Waals surface area contributed by atoms with Crippen molar-refractivity contribution in [3.63, 3.8) is 0 Å². The first kappa shape index (κ1) is 20.3. The number of para-hydroxylation sites is 1. The molecule has 1 fully saturated rings. The van der Waals surface area contributed by atoms with E-state index in [1.807, 2.05) is 23.1 Å². The second-order valence-corrected chi connectivity index (χ2v) is 6.99. The normalized spacial score (nSPS) is 14.6. The maximum atomic E-state index is 12.4. The third-order valence-corrected chi connectivity index (χ3v) is 5.03. The molecule has 0 atom stereocenters. The Morgan fingerprint density at radius 2 is 1.71 bits per heavy atom. The smallest absolute Gasteiger partial charge is 0.260 e. The highest BCUT2D eigenvalue weighted by Gasteiger charge is 2.22. The van der Waals surface area contributed by atoms with Crippen LogP contribution < -0.4 is 14.2 Å². The molecule has 1 amide bonds. The third kappa shape index (κ3) is 5.09. The van der Waals surface area contributed by atoms with Gasteiger partial charge in [0.25, 0.3) is 5.91 Å². The van der Waals surface area contributed by atoms with Gasteiger partial charge in [0.05, 0.1) is 14.2 Å². The molecule has 28 heavy (non-hydrogen) atoms. The number of benzene rings is 2. The van der Waals surface area contributed by atoms with E-state index in [4.69, 9.17) is 25.8 Å². The molecule has 150 valence electrons. The summed E-state index contributed by atoms with van der Waals surface area (Å²) in [5, 5.41) is 0.641. The Balaban J connectivity index is 1.49. The molecule has 0 aliphatic carbocycles. The van der Waals surface area contributed by atoms with Crippen LogP contribution in [-0.2, 0) is 11.3 Å². The number of nitrogens with zero attached hydrogens (tertiary/aromatic N) is 2. The molecule has 2 aromatic rings. The largest absolute Gasteiger partial charge is 0.493 e. The molecule has 0 N–H and O–H groups in total. The van der Waals surface area contributed by atoms with Gasteiger partial charge in [-0.05, 0) is 30.3 Å². The summed E-state index contributed by atoms with van der Waals surface area (Å²) in [6.07, 6.45) is 0. The maximum Gasteiger partial charge on any atom is 0.260 e. The lowest BCUT2D eigenvalue weighted by molar-refractivity contribution is -0.135. The molecule has 1 saturated heterocycles. The van der Waals surface area contributed by atoms with Crippen LogP contribution in [0.15, 0.2) is 42.5 Å². The van der Waals surface area contributed by atoms with Crippen LogP contribution in [0.4, 0.5) is 0 Å². The van der Waals surface area contributed by atoms with Crippen LogP contribution in [-0.4, -0.2) is 62.7 Å². The van der Waals surface area contributed by atoms with Crippen molar-refractivity contribution in [2.24, 2.45) is 0 Å². The fourth-order valence-corrected chi connectivity index (χ4v) is 3.37. The number of piperazine rings is 1. The van der Waals surface area contributed by atoms with Crippen LogP contribution in [0.3, 0.4) is 0 Å². The minimum absolute atomic E-state index is 0.00596. The minimum atomic E-state index is -0.00596. The highest BCUT2D eigenvalue weighted by atomic mass is 35.5. The molecule has 7 heteroatoms. The molecule has 1 aliphatic rings. The zero-order chi connectivity index (χ0) is 19.9. The number of halogens is 1. The van der Waals surface area contributed by atoms with Gasteiger partial charge in [0.15, 0.2) is 18.1 Å². The summed E-state index contributed by atoms with van der Waals surface area (Å²) in [6.45, 7) is 3.74. The van der Waals surface area contributed by atoms with Crippen molar-refractivity contribution >= 4 is 17.5 Å². The van der Waals surface area contributed by atoms with E-state index in [2.05, 4.69) is 4.90 Å². The van der Waals surface area contributed by atoms with Crippen molar-refractivity contribution in [2.45, 2.75) is 6.54 Å². The van der Waals surface area contributed by atoms with Gasteiger partial charge in [-0.1, -0.05) is 23.7 Å². The predicted octanol–water partition coefficient (Wildman–Crippen LogP) is 3.08. The zero-order valence-electron chi connectivity index (χ0n) is 16.2. The van der Waals surface area contributed by atoms with Gasteiger partial charge in [0.2, 0.25) is 0 Å². The molecule has 0 aromatic heterocycles. The predicted molar refractivity (Wildman–Crippen MR) is 108 cm³/mol. The van der Waals surface area contributed by atoms with E-state index in [9.17, 15) is 4.79 Å². The minimum Gasteiger partial charge on any atom is -0.493 e. The molecule has 0 radical (unpaired) electrons. The fourth-order valence-electron chi connectivity index (χ4n) is 3.24. The fraction of sp³-hybridized carbons (Fsp3) is 0.381. The quantitative estimate of drug-likeness (QED) is 0.709. The van der Waals surface area contributed by atoms with E-state index < -0.39 is 0 Å². The van der Waals surface area contributed by atoms with E-state index >= 15 is 0 Å². The number of hydrogen-bond donors (Lipinski definition) is 0. The lowest BCUT2D eigenvalue weighted by atomic mass is 10.1. The molecule has 1 heterocycles. The van der Waals surface area contributed by atoms with Gasteiger partial charge < -0.3 is 19.1 Å². The molecule has 1 aliphatic heterocycles. The van der Waals surface area contributed by atoms with Crippen LogP contribution in [0.25, 0.3) is 0 Å². The van der Waals surface area contributed by atoms with Gasteiger partial charge in [0, 0.05) is 43.3 Å². The first-order valence-electron chi connectivity index (χ1n) is 9.19. The summed E-state index contributed by atoms with van der Waals surface area (Å²) >= 11 is 5.85. The molecule has 0 saturated carbocycles. The van der Waals surface area contributed by atoms with Crippen molar-refractivity contribution in [2.75, 3.05) is 47.0 Å². The van der Waals surface area contributed by atoms with Crippen molar-refractivity contribution in [1.82, 2.24) is 9.80 Å². The second kappa shape index (κ2) is 9.66. The molecule has 0 bridgehead atoms. The van der Waals surface area contributed by atoms with Crippen molar-refractivity contribution in [3.8, 4) is 17.2 Å². The Bertz CT molecular complexity index is 789. The van der Waals surface area contributed by atoms with Crippen LogP contribution in [0.1, 0.15) is 5.56 Å². The molecule has 0 spiro atoms. The zero-order valence-corrected chi connectivity index (χ0v) is 16.9. The average molecular weight is 405 g/mol. The van der Waals surface area contributed by atoms with Gasteiger partial charge >= 0.3 is 0 Å². The number of methoxy groups -OCH3 is 2. The summed E-state index contributed by atoms with van der Waals surface area (Å²) in [6, 6.07) is 12.9. The summed E-state index contributed by atoms with van der Waals surface area (Å²) < 4.78 is 16.4. The number of carbonyl (C=O) groups is 1. The Kier molecular flexibility index (Phi) is 7.01. The average Bonchev–Trinajstić information content (AvgIpc) is 2.73. The first-order valence-corrected chi connectivity index (χ1v) is 9.57. The summed E-state index contributed by atoms with van der Waals surface area (Å²) in [4.78, 5) is 16.6. The van der Waals surface area contributed by atoms with Crippen molar-refractivity contribution in [1.29, 1.82) is 0 Å². The van der Waals surface area contributed by atoms with Gasteiger partial charge in [-0.25, -0.2) is 0 Å². The highest BCUT2D eigenvalue weighted by Crippen LogP contribution is 2.31. The Hall–Kier alpha value is -2.44. The van der Waals surface area contributed by atoms with Crippen LogP contribution >= 0.6 is 11.6 Å². The molecular weight excluding hydrogens is 380 g/mol. The van der Waals surface area contributed by atoms with Gasteiger partial charge in [-0.15, -0.1) is 0 Å². The van der Waals surface area contributed by atoms with E-state index in [0.717, 1.165) is 36.7 Å². The molecular formula is C21H25ClN2O4. The molecule has 6 nitrogen and oxygen atoms in total. The van der Waals surface area contributed by atoms with E-state index in [1.165, 1.54) is 0 Å². The monoisotopic (exact) mass is 404 g/mol.